The summed E-state index contributed by atoms with van der Waals surface area (Å²) in [5.74, 6) is 1.32. The minimum absolute atomic E-state index is 0.814. The Bertz CT molecular complexity index is 91.6. The highest BCUT2D eigenvalue weighted by atomic mass is 32.2. The molecule has 1 atom stereocenters. The Morgan fingerprint density at radius 3 is 3.00 bits per heavy atom. The Balaban J connectivity index is 2.01. The summed E-state index contributed by atoms with van der Waals surface area (Å²) in [7, 11) is 1.71. The topological polar surface area (TPSA) is 23.5 Å². The minimum atomic E-state index is 0.814. The van der Waals surface area contributed by atoms with Gasteiger partial charge in [0, 0.05) is 18.8 Å². The van der Waals surface area contributed by atoms with E-state index in [4.69, 9.17) is 5.21 Å². The first-order chi connectivity index (χ1) is 4.79. The lowest BCUT2D eigenvalue weighted by atomic mass is 10.2. The van der Waals surface area contributed by atoms with Crippen LogP contribution in [-0.4, -0.2) is 34.9 Å². The van der Waals surface area contributed by atoms with Crippen LogP contribution in [0.5, 0.6) is 0 Å². The second-order valence-corrected chi connectivity index (χ2v) is 4.21. The number of thioether (sulfide) groups is 1. The van der Waals surface area contributed by atoms with Gasteiger partial charge in [-0.1, -0.05) is 0 Å². The highest BCUT2D eigenvalue weighted by Gasteiger charge is 2.14. The van der Waals surface area contributed by atoms with Crippen LogP contribution in [0.1, 0.15) is 19.3 Å². The van der Waals surface area contributed by atoms with Crippen molar-refractivity contribution in [3.63, 3.8) is 0 Å². The minimum Gasteiger partial charge on any atom is -0.314 e. The van der Waals surface area contributed by atoms with Gasteiger partial charge in [-0.3, -0.25) is 0 Å². The Morgan fingerprint density at radius 1 is 1.70 bits per heavy atom. The molecule has 1 aliphatic rings. The Hall–Kier alpha value is 0.270. The van der Waals surface area contributed by atoms with E-state index >= 15 is 0 Å². The van der Waals surface area contributed by atoms with E-state index in [1.807, 2.05) is 11.8 Å². The van der Waals surface area contributed by atoms with Crippen LogP contribution in [-0.2, 0) is 0 Å². The fourth-order valence-electron chi connectivity index (χ4n) is 1.20. The van der Waals surface area contributed by atoms with E-state index in [1.165, 1.54) is 23.7 Å². The van der Waals surface area contributed by atoms with E-state index in [-0.39, 0.29) is 0 Å². The molecular weight excluding hydrogens is 146 g/mol. The average Bonchev–Trinajstić information content (AvgIpc) is 2.34. The molecular formula is C7H15NOS. The van der Waals surface area contributed by atoms with Crippen molar-refractivity contribution in [2.75, 3.05) is 19.3 Å². The van der Waals surface area contributed by atoms with Crippen LogP contribution < -0.4 is 0 Å². The summed E-state index contributed by atoms with van der Waals surface area (Å²) in [6.45, 7) is 0.817. The summed E-state index contributed by atoms with van der Waals surface area (Å²) >= 11 is 2.05. The number of hydroxylamine groups is 2. The van der Waals surface area contributed by atoms with Crippen LogP contribution in [0.4, 0.5) is 0 Å². The summed E-state index contributed by atoms with van der Waals surface area (Å²) in [5.41, 5.74) is 0. The van der Waals surface area contributed by atoms with Gasteiger partial charge in [0.05, 0.1) is 0 Å². The smallest absolute Gasteiger partial charge is 0.0245 e. The number of hydrogen-bond acceptors (Lipinski definition) is 3. The lowest BCUT2D eigenvalue weighted by Crippen LogP contribution is -2.17. The van der Waals surface area contributed by atoms with Gasteiger partial charge in [-0.25, -0.2) is 0 Å². The van der Waals surface area contributed by atoms with Gasteiger partial charge < -0.3 is 5.21 Å². The van der Waals surface area contributed by atoms with Gasteiger partial charge in [-0.05, 0) is 25.0 Å². The lowest BCUT2D eigenvalue weighted by molar-refractivity contribution is -0.0652. The van der Waals surface area contributed by atoms with E-state index in [2.05, 4.69) is 0 Å². The van der Waals surface area contributed by atoms with Gasteiger partial charge in [-0.2, -0.15) is 16.8 Å². The van der Waals surface area contributed by atoms with Crippen LogP contribution in [0.15, 0.2) is 0 Å². The van der Waals surface area contributed by atoms with Crippen LogP contribution in [0.25, 0.3) is 0 Å². The summed E-state index contributed by atoms with van der Waals surface area (Å²) < 4.78 is 0. The monoisotopic (exact) mass is 161 g/mol. The van der Waals surface area contributed by atoms with Crippen molar-refractivity contribution < 1.29 is 5.21 Å². The second kappa shape index (κ2) is 4.21. The van der Waals surface area contributed by atoms with Gasteiger partial charge in [0.1, 0.15) is 0 Å². The molecule has 2 nitrogen and oxygen atoms in total. The van der Waals surface area contributed by atoms with Gasteiger partial charge in [0.2, 0.25) is 0 Å². The first-order valence-corrected chi connectivity index (χ1v) is 4.85. The molecule has 3 heteroatoms. The Kier molecular flexibility index (Phi) is 3.52. The predicted molar refractivity (Wildman–Crippen MR) is 44.5 cm³/mol. The van der Waals surface area contributed by atoms with Crippen molar-refractivity contribution in [1.82, 2.24) is 5.06 Å². The van der Waals surface area contributed by atoms with Crippen LogP contribution in [0, 0.1) is 0 Å². The maximum absolute atomic E-state index is 8.84. The molecule has 0 aromatic rings. The molecule has 1 aliphatic heterocycles. The van der Waals surface area contributed by atoms with Crippen molar-refractivity contribution in [3.05, 3.63) is 0 Å². The number of rotatable bonds is 3. The van der Waals surface area contributed by atoms with E-state index in [9.17, 15) is 0 Å². The van der Waals surface area contributed by atoms with Gasteiger partial charge in [-0.15, -0.1) is 0 Å². The molecule has 0 bridgehead atoms. The standard InChI is InChI=1S/C7H15NOS/c1-8(9)5-4-7-3-2-6-10-7/h7,9H,2-6H2,1H3. The molecule has 60 valence electrons. The summed E-state index contributed by atoms with van der Waals surface area (Å²) in [6, 6.07) is 0. The lowest BCUT2D eigenvalue weighted by Gasteiger charge is -2.11. The van der Waals surface area contributed by atoms with E-state index in [1.54, 1.807) is 7.05 Å². The average molecular weight is 161 g/mol. The molecule has 1 unspecified atom stereocenters. The maximum Gasteiger partial charge on any atom is 0.0245 e. The molecule has 10 heavy (non-hydrogen) atoms. The molecule has 1 N–H and O–H groups in total. The van der Waals surface area contributed by atoms with Gasteiger partial charge in [0.15, 0.2) is 0 Å². The number of hydrogen-bond donors (Lipinski definition) is 1. The first kappa shape index (κ1) is 8.37. The van der Waals surface area contributed by atoms with Crippen molar-refractivity contribution in [3.8, 4) is 0 Å². The van der Waals surface area contributed by atoms with Crippen LogP contribution in [0.3, 0.4) is 0 Å². The molecule has 0 aromatic heterocycles. The zero-order chi connectivity index (χ0) is 7.40. The summed E-state index contributed by atoms with van der Waals surface area (Å²) in [6.07, 6.45) is 3.85. The molecule has 1 fully saturated rings. The van der Waals surface area contributed by atoms with Crippen molar-refractivity contribution in [1.29, 1.82) is 0 Å². The molecule has 0 aliphatic carbocycles. The molecule has 0 aromatic carbocycles. The third-order valence-electron chi connectivity index (χ3n) is 1.80. The summed E-state index contributed by atoms with van der Waals surface area (Å²) in [5, 5.41) is 10.9. The van der Waals surface area contributed by atoms with Gasteiger partial charge >= 0.3 is 0 Å². The maximum atomic E-state index is 8.84. The quantitative estimate of drug-likeness (QED) is 0.636. The SMILES string of the molecule is CN(O)CCC1CCCS1. The number of nitrogens with zero attached hydrogens (tertiary/aromatic N) is 1. The fourth-order valence-corrected chi connectivity index (χ4v) is 2.47. The van der Waals surface area contributed by atoms with E-state index in [0.29, 0.717) is 0 Å². The molecule has 1 rings (SSSR count). The van der Waals surface area contributed by atoms with E-state index < -0.39 is 0 Å². The largest absolute Gasteiger partial charge is 0.314 e. The predicted octanol–water partition coefficient (Wildman–Crippen LogP) is 1.59. The highest BCUT2D eigenvalue weighted by Crippen LogP contribution is 2.28. The highest BCUT2D eigenvalue weighted by molar-refractivity contribution is 8.00. The molecule has 1 heterocycles. The van der Waals surface area contributed by atoms with Crippen LogP contribution >= 0.6 is 11.8 Å². The Morgan fingerprint density at radius 2 is 2.50 bits per heavy atom. The molecule has 0 amide bonds. The van der Waals surface area contributed by atoms with Crippen molar-refractivity contribution >= 4 is 11.8 Å². The Labute approximate surface area is 66.6 Å². The first-order valence-electron chi connectivity index (χ1n) is 3.80. The fraction of sp³-hybridized carbons (Fsp3) is 1.00. The third kappa shape index (κ3) is 2.90. The third-order valence-corrected chi connectivity index (χ3v) is 3.27. The normalized spacial score (nSPS) is 26.1. The van der Waals surface area contributed by atoms with Gasteiger partial charge in [0.25, 0.3) is 0 Å². The van der Waals surface area contributed by atoms with Crippen LogP contribution in [0.2, 0.25) is 0 Å². The molecule has 0 spiro atoms. The molecule has 0 radical (unpaired) electrons. The second-order valence-electron chi connectivity index (χ2n) is 2.80. The molecule has 0 saturated carbocycles. The molecule has 1 saturated heterocycles. The summed E-state index contributed by atoms with van der Waals surface area (Å²) in [4.78, 5) is 0. The van der Waals surface area contributed by atoms with E-state index in [0.717, 1.165) is 18.2 Å². The zero-order valence-electron chi connectivity index (χ0n) is 6.42. The zero-order valence-corrected chi connectivity index (χ0v) is 7.23. The van der Waals surface area contributed by atoms with Crippen molar-refractivity contribution in [2.45, 2.75) is 24.5 Å². The van der Waals surface area contributed by atoms with Crippen molar-refractivity contribution in [2.24, 2.45) is 0 Å².